The topological polar surface area (TPSA) is 74.0 Å². The summed E-state index contributed by atoms with van der Waals surface area (Å²) < 4.78 is 41.9. The van der Waals surface area contributed by atoms with Crippen molar-refractivity contribution < 1.29 is 22.8 Å². The molecule has 0 unspecified atom stereocenters. The maximum Gasteiger partial charge on any atom is 0.242 e. The summed E-state index contributed by atoms with van der Waals surface area (Å²) >= 11 is 0. The Labute approximate surface area is 182 Å². The largest absolute Gasteiger partial charge is 0.354 e. The summed E-state index contributed by atoms with van der Waals surface area (Å²) in [6.07, 6.45) is 2.26. The molecule has 1 aliphatic carbocycles. The van der Waals surface area contributed by atoms with Gasteiger partial charge in [-0.2, -0.15) is 0 Å². The normalized spacial score (nSPS) is 22.6. The van der Waals surface area contributed by atoms with Crippen LogP contribution in [0.4, 0.5) is 13.2 Å². The third kappa shape index (κ3) is 3.74. The maximum absolute atomic E-state index is 14.5. The standard InChI is InChI=1S/C24H22F3N3O2/c25-15-3-1-13(2-4-15)22-21(17-10-16(26)11-18(27)23(17)30-22)14-7-12(8-14)9-20(31)29-19-5-6-28-24(19)32/h1-4,10-12,14,19,30H,5-9H2,(H,28,32)(H,29,31)/t12?,14?,19-/m0/s1. The first-order valence-electron chi connectivity index (χ1n) is 10.7. The van der Waals surface area contributed by atoms with Crippen molar-refractivity contribution in [2.24, 2.45) is 5.92 Å². The first-order chi connectivity index (χ1) is 15.4. The molecule has 3 N–H and O–H groups in total. The number of rotatable bonds is 5. The summed E-state index contributed by atoms with van der Waals surface area (Å²) in [6.45, 7) is 0.565. The Morgan fingerprint density at radius 1 is 1.06 bits per heavy atom. The number of carbonyl (C=O) groups excluding carboxylic acids is 2. The minimum absolute atomic E-state index is 0.0117. The van der Waals surface area contributed by atoms with E-state index in [1.54, 1.807) is 12.1 Å². The van der Waals surface area contributed by atoms with Crippen molar-refractivity contribution in [3.63, 3.8) is 0 Å². The number of benzene rings is 2. The van der Waals surface area contributed by atoms with Gasteiger partial charge in [0, 0.05) is 24.4 Å². The highest BCUT2D eigenvalue weighted by molar-refractivity contribution is 5.92. The van der Waals surface area contributed by atoms with Gasteiger partial charge in [0.2, 0.25) is 11.8 Å². The number of fused-ring (bicyclic) bond motifs is 1. The lowest BCUT2D eigenvalue weighted by Crippen LogP contribution is -2.41. The van der Waals surface area contributed by atoms with Gasteiger partial charge < -0.3 is 15.6 Å². The fourth-order valence-corrected chi connectivity index (χ4v) is 4.89. The Bertz CT molecular complexity index is 1200. The van der Waals surface area contributed by atoms with Crippen molar-refractivity contribution in [1.29, 1.82) is 0 Å². The monoisotopic (exact) mass is 441 g/mol. The van der Waals surface area contributed by atoms with Crippen LogP contribution in [0.3, 0.4) is 0 Å². The molecule has 32 heavy (non-hydrogen) atoms. The fourth-order valence-electron chi connectivity index (χ4n) is 4.89. The number of amides is 2. The fraction of sp³-hybridized carbons (Fsp3) is 0.333. The summed E-state index contributed by atoms with van der Waals surface area (Å²) in [5.74, 6) is -1.91. The minimum Gasteiger partial charge on any atom is -0.354 e. The molecule has 1 aromatic heterocycles. The molecular formula is C24H22F3N3O2. The Morgan fingerprint density at radius 2 is 1.81 bits per heavy atom. The molecule has 1 atom stereocenters. The molecule has 2 aliphatic rings. The summed E-state index contributed by atoms with van der Waals surface area (Å²) in [5, 5.41) is 5.93. The predicted octanol–water partition coefficient (Wildman–Crippen LogP) is 4.14. The summed E-state index contributed by atoms with van der Waals surface area (Å²) in [6, 6.07) is 7.55. The molecule has 1 saturated heterocycles. The molecule has 8 heteroatoms. The summed E-state index contributed by atoms with van der Waals surface area (Å²) in [4.78, 5) is 27.0. The van der Waals surface area contributed by atoms with Gasteiger partial charge in [-0.25, -0.2) is 13.2 Å². The van der Waals surface area contributed by atoms with Crippen LogP contribution in [0.2, 0.25) is 0 Å². The molecule has 2 aromatic carbocycles. The van der Waals surface area contributed by atoms with E-state index in [0.717, 1.165) is 11.6 Å². The van der Waals surface area contributed by atoms with Gasteiger partial charge in [0.25, 0.3) is 0 Å². The third-order valence-electron chi connectivity index (χ3n) is 6.50. The molecule has 3 aromatic rings. The van der Waals surface area contributed by atoms with E-state index in [0.29, 0.717) is 48.9 Å². The summed E-state index contributed by atoms with van der Waals surface area (Å²) in [7, 11) is 0. The molecule has 2 fully saturated rings. The average Bonchev–Trinajstić information content (AvgIpc) is 3.29. The van der Waals surface area contributed by atoms with E-state index in [2.05, 4.69) is 15.6 Å². The van der Waals surface area contributed by atoms with Crippen LogP contribution < -0.4 is 10.6 Å². The average molecular weight is 441 g/mol. The van der Waals surface area contributed by atoms with E-state index in [1.165, 1.54) is 18.2 Å². The van der Waals surface area contributed by atoms with Gasteiger partial charge >= 0.3 is 0 Å². The first kappa shape index (κ1) is 20.6. The number of hydrogen-bond acceptors (Lipinski definition) is 2. The zero-order valence-corrected chi connectivity index (χ0v) is 17.2. The van der Waals surface area contributed by atoms with Crippen molar-refractivity contribution >= 4 is 22.7 Å². The van der Waals surface area contributed by atoms with E-state index in [9.17, 15) is 22.8 Å². The Hall–Kier alpha value is -3.29. The SMILES string of the molecule is O=C(CC1CC(c2c(-c3ccc(F)cc3)[nH]c3c(F)cc(F)cc23)C1)N[C@H]1CCNC1=O. The van der Waals surface area contributed by atoms with Gasteiger partial charge in [-0.3, -0.25) is 9.59 Å². The molecule has 1 saturated carbocycles. The quantitative estimate of drug-likeness (QED) is 0.557. The van der Waals surface area contributed by atoms with Gasteiger partial charge in [-0.1, -0.05) is 0 Å². The van der Waals surface area contributed by atoms with E-state index >= 15 is 0 Å². The second-order valence-electron chi connectivity index (χ2n) is 8.67. The molecule has 166 valence electrons. The molecule has 1 aliphatic heterocycles. The van der Waals surface area contributed by atoms with Crippen LogP contribution in [-0.2, 0) is 9.59 Å². The maximum atomic E-state index is 14.5. The van der Waals surface area contributed by atoms with E-state index in [4.69, 9.17) is 0 Å². The molecule has 5 rings (SSSR count). The molecule has 0 bridgehead atoms. The lowest BCUT2D eigenvalue weighted by molar-refractivity contribution is -0.128. The molecule has 0 radical (unpaired) electrons. The molecule has 5 nitrogen and oxygen atoms in total. The van der Waals surface area contributed by atoms with Gasteiger partial charge in [0.1, 0.15) is 23.5 Å². The van der Waals surface area contributed by atoms with Gasteiger partial charge in [0.05, 0.1) is 11.2 Å². The smallest absolute Gasteiger partial charge is 0.242 e. The highest BCUT2D eigenvalue weighted by Gasteiger charge is 2.36. The first-order valence-corrected chi connectivity index (χ1v) is 10.7. The number of carbonyl (C=O) groups is 2. The number of aromatic amines is 1. The number of halogens is 3. The number of aromatic nitrogens is 1. The highest BCUT2D eigenvalue weighted by atomic mass is 19.1. The van der Waals surface area contributed by atoms with Crippen LogP contribution >= 0.6 is 0 Å². The molecule has 2 heterocycles. The van der Waals surface area contributed by atoms with Crippen LogP contribution in [0.1, 0.15) is 37.2 Å². The minimum atomic E-state index is -0.681. The molecule has 0 spiro atoms. The Kier molecular flexibility index (Phi) is 5.15. The Balaban J connectivity index is 1.38. The van der Waals surface area contributed by atoms with Crippen molar-refractivity contribution in [3.05, 3.63) is 59.4 Å². The van der Waals surface area contributed by atoms with E-state index in [1.807, 2.05) is 0 Å². The van der Waals surface area contributed by atoms with Crippen molar-refractivity contribution in [2.45, 2.75) is 37.6 Å². The van der Waals surface area contributed by atoms with Crippen LogP contribution in [-0.4, -0.2) is 29.4 Å². The molecule has 2 amide bonds. The number of H-pyrrole nitrogens is 1. The van der Waals surface area contributed by atoms with Crippen molar-refractivity contribution in [1.82, 2.24) is 15.6 Å². The third-order valence-corrected chi connectivity index (χ3v) is 6.50. The van der Waals surface area contributed by atoms with Crippen LogP contribution in [0.25, 0.3) is 22.2 Å². The number of hydrogen-bond donors (Lipinski definition) is 3. The zero-order chi connectivity index (χ0) is 22.4. The second kappa shape index (κ2) is 8.00. The number of nitrogens with one attached hydrogen (secondary N) is 3. The van der Waals surface area contributed by atoms with Gasteiger partial charge in [-0.15, -0.1) is 0 Å². The second-order valence-corrected chi connectivity index (χ2v) is 8.67. The highest BCUT2D eigenvalue weighted by Crippen LogP contribution is 2.49. The van der Waals surface area contributed by atoms with Crippen LogP contribution in [0.15, 0.2) is 36.4 Å². The van der Waals surface area contributed by atoms with E-state index < -0.39 is 17.7 Å². The summed E-state index contributed by atoms with van der Waals surface area (Å²) in [5.41, 5.74) is 2.33. The zero-order valence-electron chi connectivity index (χ0n) is 17.2. The van der Waals surface area contributed by atoms with Crippen molar-refractivity contribution in [2.75, 3.05) is 6.54 Å². The van der Waals surface area contributed by atoms with Gasteiger partial charge in [0.15, 0.2) is 0 Å². The lowest BCUT2D eigenvalue weighted by Gasteiger charge is -2.36. The van der Waals surface area contributed by atoms with Crippen LogP contribution in [0, 0.1) is 23.4 Å². The van der Waals surface area contributed by atoms with Crippen LogP contribution in [0.5, 0.6) is 0 Å². The molecular weight excluding hydrogens is 419 g/mol. The lowest BCUT2D eigenvalue weighted by atomic mass is 9.69. The van der Waals surface area contributed by atoms with E-state index in [-0.39, 0.29) is 35.0 Å². The Morgan fingerprint density at radius 3 is 2.50 bits per heavy atom. The predicted molar refractivity (Wildman–Crippen MR) is 113 cm³/mol. The van der Waals surface area contributed by atoms with Gasteiger partial charge in [-0.05, 0) is 72.6 Å². The van der Waals surface area contributed by atoms with Crippen molar-refractivity contribution in [3.8, 4) is 11.3 Å².